The Morgan fingerprint density at radius 1 is 1.05 bits per heavy atom. The third-order valence-electron chi connectivity index (χ3n) is 5.85. The number of hydrogen-bond acceptors (Lipinski definition) is 6. The summed E-state index contributed by atoms with van der Waals surface area (Å²) >= 11 is 1.11. The van der Waals surface area contributed by atoms with Crippen LogP contribution in [0, 0.1) is 0 Å². The number of fused-ring (bicyclic) bond motifs is 1. The number of alkyl halides is 6. The van der Waals surface area contributed by atoms with Crippen molar-refractivity contribution in [3.8, 4) is 5.75 Å². The second kappa shape index (κ2) is 12.1. The van der Waals surface area contributed by atoms with E-state index in [1.165, 1.54) is 7.11 Å². The van der Waals surface area contributed by atoms with Crippen molar-refractivity contribution in [1.29, 1.82) is 0 Å². The number of carbonyl (C=O) groups excluding carboxylic acids is 1. The second-order valence-corrected chi connectivity index (χ2v) is 9.40. The number of nitrogens with zero attached hydrogens (tertiary/aromatic N) is 3. The lowest BCUT2D eigenvalue weighted by molar-refractivity contribution is -0.143. The minimum Gasteiger partial charge on any atom is -0.497 e. The SMILES string of the molecule is COc1ccc2sc(N(CCCN3CCOCC3)C(=O)c3cc(C(F)(F)F)cc(C(F)(F)F)c3)nc2c1.Cl. The first kappa shape index (κ1) is 29.9. The van der Waals surface area contributed by atoms with Crippen molar-refractivity contribution >= 4 is 45.0 Å². The van der Waals surface area contributed by atoms with Crippen molar-refractivity contribution in [3.63, 3.8) is 0 Å². The summed E-state index contributed by atoms with van der Waals surface area (Å²) < 4.78 is 91.7. The number of rotatable bonds is 7. The van der Waals surface area contributed by atoms with Gasteiger partial charge in [-0.25, -0.2) is 4.98 Å². The summed E-state index contributed by atoms with van der Waals surface area (Å²) in [6, 6.07) is 5.95. The zero-order valence-electron chi connectivity index (χ0n) is 20.1. The van der Waals surface area contributed by atoms with E-state index in [0.717, 1.165) is 16.2 Å². The van der Waals surface area contributed by atoms with Crippen LogP contribution in [0.1, 0.15) is 27.9 Å². The molecule has 38 heavy (non-hydrogen) atoms. The molecule has 0 bridgehead atoms. The Labute approximate surface area is 224 Å². The van der Waals surface area contributed by atoms with Gasteiger partial charge in [-0.3, -0.25) is 14.6 Å². The molecule has 14 heteroatoms. The number of ether oxygens (including phenoxy) is 2. The first-order chi connectivity index (χ1) is 17.5. The second-order valence-electron chi connectivity index (χ2n) is 8.39. The quantitative estimate of drug-likeness (QED) is 0.313. The van der Waals surface area contributed by atoms with E-state index >= 15 is 0 Å². The molecular formula is C24H24ClF6N3O3S. The van der Waals surface area contributed by atoms with Gasteiger partial charge in [0.2, 0.25) is 0 Å². The van der Waals surface area contributed by atoms with E-state index in [-0.39, 0.29) is 30.1 Å². The molecule has 0 N–H and O–H groups in total. The molecular weight excluding hydrogens is 560 g/mol. The Balaban J connectivity index is 0.00000400. The maximum Gasteiger partial charge on any atom is 0.416 e. The van der Waals surface area contributed by atoms with Gasteiger partial charge in [0.15, 0.2) is 5.13 Å². The van der Waals surface area contributed by atoms with Crippen LogP contribution >= 0.6 is 23.7 Å². The molecule has 1 aliphatic rings. The summed E-state index contributed by atoms with van der Waals surface area (Å²) in [7, 11) is 1.47. The summed E-state index contributed by atoms with van der Waals surface area (Å²) in [6.45, 7) is 3.13. The van der Waals surface area contributed by atoms with Gasteiger partial charge in [0.1, 0.15) is 5.75 Å². The molecule has 1 fully saturated rings. The van der Waals surface area contributed by atoms with Crippen LogP contribution in [0.3, 0.4) is 0 Å². The van der Waals surface area contributed by atoms with Crippen molar-refractivity contribution in [2.75, 3.05) is 51.4 Å². The maximum atomic E-state index is 13.5. The van der Waals surface area contributed by atoms with Crippen molar-refractivity contribution in [1.82, 2.24) is 9.88 Å². The van der Waals surface area contributed by atoms with E-state index in [1.54, 1.807) is 18.2 Å². The first-order valence-electron chi connectivity index (χ1n) is 11.3. The minimum absolute atomic E-state index is 0. The smallest absolute Gasteiger partial charge is 0.416 e. The van der Waals surface area contributed by atoms with Crippen LogP contribution in [-0.4, -0.2) is 62.3 Å². The summed E-state index contributed by atoms with van der Waals surface area (Å²) in [5, 5.41) is 0.168. The van der Waals surface area contributed by atoms with Crippen LogP contribution in [0.5, 0.6) is 5.75 Å². The number of halogens is 7. The molecule has 0 radical (unpaired) electrons. The number of morpholine rings is 1. The Morgan fingerprint density at radius 2 is 1.68 bits per heavy atom. The van der Waals surface area contributed by atoms with E-state index in [1.807, 2.05) is 0 Å². The third-order valence-corrected chi connectivity index (χ3v) is 6.91. The van der Waals surface area contributed by atoms with Crippen molar-refractivity contribution < 1.29 is 40.6 Å². The number of thiazole rings is 1. The van der Waals surface area contributed by atoms with E-state index in [9.17, 15) is 31.1 Å². The molecule has 2 aromatic carbocycles. The standard InChI is InChI=1S/C24H23F6N3O3S.ClH/c1-35-18-3-4-20-19(14-18)31-22(37-20)33(6-2-5-32-7-9-36-10-8-32)21(34)15-11-16(23(25,26)27)13-17(12-15)24(28,29)30;/h3-4,11-14H,2,5-10H2,1H3;1H. The molecule has 1 saturated heterocycles. The highest BCUT2D eigenvalue weighted by Crippen LogP contribution is 2.37. The van der Waals surface area contributed by atoms with Crippen LogP contribution in [0.4, 0.5) is 31.5 Å². The topological polar surface area (TPSA) is 54.9 Å². The van der Waals surface area contributed by atoms with E-state index in [4.69, 9.17) is 9.47 Å². The summed E-state index contributed by atoms with van der Waals surface area (Å²) in [5.74, 6) is -0.480. The van der Waals surface area contributed by atoms with E-state index in [2.05, 4.69) is 9.88 Å². The van der Waals surface area contributed by atoms with Crippen molar-refractivity contribution in [3.05, 3.63) is 53.1 Å². The van der Waals surface area contributed by atoms with Gasteiger partial charge in [0, 0.05) is 37.8 Å². The molecule has 1 aromatic heterocycles. The van der Waals surface area contributed by atoms with Gasteiger partial charge in [0.05, 0.1) is 41.7 Å². The number of anilines is 1. The number of methoxy groups -OCH3 is 1. The fourth-order valence-electron chi connectivity index (χ4n) is 3.93. The minimum atomic E-state index is -5.07. The normalized spacial score (nSPS) is 14.8. The lowest BCUT2D eigenvalue weighted by Gasteiger charge is -2.28. The lowest BCUT2D eigenvalue weighted by atomic mass is 10.0. The molecule has 2 heterocycles. The van der Waals surface area contributed by atoms with Gasteiger partial charge in [0.25, 0.3) is 5.91 Å². The van der Waals surface area contributed by atoms with Gasteiger partial charge < -0.3 is 9.47 Å². The zero-order valence-corrected chi connectivity index (χ0v) is 21.7. The van der Waals surface area contributed by atoms with Gasteiger partial charge >= 0.3 is 12.4 Å². The summed E-state index contributed by atoms with van der Waals surface area (Å²) in [5.41, 5.74) is -3.32. The Hall–Kier alpha value is -2.61. The molecule has 0 atom stereocenters. The predicted octanol–water partition coefficient (Wildman–Crippen LogP) is 6.13. The average Bonchev–Trinajstić information content (AvgIpc) is 3.28. The molecule has 1 aliphatic heterocycles. The molecule has 4 rings (SSSR count). The van der Waals surface area contributed by atoms with Crippen LogP contribution in [0.15, 0.2) is 36.4 Å². The number of hydrogen-bond donors (Lipinski definition) is 0. The third kappa shape index (κ3) is 7.07. The van der Waals surface area contributed by atoms with Crippen molar-refractivity contribution in [2.45, 2.75) is 18.8 Å². The van der Waals surface area contributed by atoms with Crippen LogP contribution in [0.2, 0.25) is 0 Å². The first-order valence-corrected chi connectivity index (χ1v) is 12.1. The highest BCUT2D eigenvalue weighted by Gasteiger charge is 2.38. The molecule has 208 valence electrons. The van der Waals surface area contributed by atoms with Crippen molar-refractivity contribution in [2.24, 2.45) is 0 Å². The Kier molecular flexibility index (Phi) is 9.50. The highest BCUT2D eigenvalue weighted by molar-refractivity contribution is 7.22. The van der Waals surface area contributed by atoms with Gasteiger partial charge in [-0.1, -0.05) is 11.3 Å². The molecule has 1 amide bonds. The van der Waals surface area contributed by atoms with Crippen LogP contribution < -0.4 is 9.64 Å². The number of aromatic nitrogens is 1. The summed E-state index contributed by atoms with van der Waals surface area (Å²) in [6.07, 6.45) is -9.70. The van der Waals surface area contributed by atoms with Gasteiger partial charge in [-0.05, 0) is 36.8 Å². The molecule has 6 nitrogen and oxygen atoms in total. The van der Waals surface area contributed by atoms with Gasteiger partial charge in [-0.2, -0.15) is 26.3 Å². The van der Waals surface area contributed by atoms with Gasteiger partial charge in [-0.15, -0.1) is 12.4 Å². The number of benzene rings is 2. The number of amides is 1. The molecule has 3 aromatic rings. The fourth-order valence-corrected chi connectivity index (χ4v) is 4.90. The fraction of sp³-hybridized carbons (Fsp3) is 0.417. The molecule has 0 unspecified atom stereocenters. The average molecular weight is 584 g/mol. The Morgan fingerprint density at radius 3 is 2.26 bits per heavy atom. The largest absolute Gasteiger partial charge is 0.497 e. The van der Waals surface area contributed by atoms with Crippen LogP contribution in [0.25, 0.3) is 10.2 Å². The lowest BCUT2D eigenvalue weighted by Crippen LogP contribution is -2.39. The molecule has 0 saturated carbocycles. The van der Waals surface area contributed by atoms with Crippen LogP contribution in [-0.2, 0) is 17.1 Å². The monoisotopic (exact) mass is 583 g/mol. The van der Waals surface area contributed by atoms with E-state index in [0.29, 0.717) is 67.4 Å². The predicted molar refractivity (Wildman–Crippen MR) is 133 cm³/mol. The molecule has 0 aliphatic carbocycles. The highest BCUT2D eigenvalue weighted by atomic mass is 35.5. The molecule has 0 spiro atoms. The maximum absolute atomic E-state index is 13.5. The number of carbonyl (C=O) groups is 1. The Bertz CT molecular complexity index is 1230. The summed E-state index contributed by atoms with van der Waals surface area (Å²) in [4.78, 5) is 21.2. The van der Waals surface area contributed by atoms with E-state index < -0.39 is 35.0 Å². The zero-order chi connectivity index (χ0) is 26.8.